The predicted octanol–water partition coefficient (Wildman–Crippen LogP) is 0.177. The van der Waals surface area contributed by atoms with E-state index in [4.69, 9.17) is 5.11 Å². The van der Waals surface area contributed by atoms with Crippen LogP contribution in [0.4, 0.5) is 0 Å². The molecule has 0 aliphatic rings. The Morgan fingerprint density at radius 1 is 1.91 bits per heavy atom. The van der Waals surface area contributed by atoms with Crippen molar-refractivity contribution in [2.45, 2.75) is 13.0 Å². The van der Waals surface area contributed by atoms with Gasteiger partial charge in [0.05, 0.1) is 12.5 Å². The normalized spacial score (nSPS) is 12.9. The third-order valence-corrected chi connectivity index (χ3v) is 1.12. The topological polar surface area (TPSA) is 66.0 Å². The number of ketones is 1. The molecule has 0 fully saturated rings. The van der Waals surface area contributed by atoms with Crippen molar-refractivity contribution in [3.63, 3.8) is 0 Å². The number of nitrogens with one attached hydrogen (secondary N) is 1. The van der Waals surface area contributed by atoms with Crippen LogP contribution in [-0.4, -0.2) is 27.0 Å². The van der Waals surface area contributed by atoms with Crippen molar-refractivity contribution in [1.29, 1.82) is 0 Å². The van der Waals surface area contributed by atoms with Crippen LogP contribution >= 0.6 is 0 Å². The van der Waals surface area contributed by atoms with Gasteiger partial charge < -0.3 is 10.1 Å². The number of aromatic nitrogens is 2. The zero-order chi connectivity index (χ0) is 8.27. The monoisotopic (exact) mass is 153 g/mol. The quantitative estimate of drug-likeness (QED) is 0.608. The van der Waals surface area contributed by atoms with Gasteiger partial charge in [0.1, 0.15) is 0 Å². The van der Waals surface area contributed by atoms with Crippen LogP contribution in [0.15, 0.2) is 12.4 Å². The van der Waals surface area contributed by atoms with Crippen molar-refractivity contribution < 1.29 is 9.90 Å². The Morgan fingerprint density at radius 3 is 3.09 bits per heavy atom. The fraction of sp³-hybridized carbons (Fsp3) is 0.286. The van der Waals surface area contributed by atoms with Gasteiger partial charge >= 0.3 is 0 Å². The van der Waals surface area contributed by atoms with Crippen molar-refractivity contribution in [2.24, 2.45) is 0 Å². The molecule has 1 aromatic rings. The molecule has 11 heavy (non-hydrogen) atoms. The minimum Gasteiger partial charge on any atom is -0.393 e. The molecular weight excluding hydrogens is 144 g/mol. The number of H-pyrrole nitrogens is 1. The van der Waals surface area contributed by atoms with E-state index < -0.39 is 6.10 Å². The van der Waals surface area contributed by atoms with E-state index in [-0.39, 0.29) is 11.6 Å². The van der Waals surface area contributed by atoms with E-state index >= 15 is 0 Å². The molecule has 0 aromatic carbocycles. The summed E-state index contributed by atoms with van der Waals surface area (Å²) in [6.07, 6.45) is 3.51. The van der Waals surface area contributed by atoms with E-state index in [1.807, 2.05) is 0 Å². The molecule has 0 aliphatic carbocycles. The standard InChI is InChI=1S/C7H9N2O2/c1-5(10)4-6(11)7-8-2-3-9-7/h2-5,10H,1H3,(H,8,9). The maximum absolute atomic E-state index is 11.0. The number of aliphatic hydroxyl groups is 1. The van der Waals surface area contributed by atoms with Gasteiger partial charge in [-0.15, -0.1) is 0 Å². The molecule has 1 atom stereocenters. The molecule has 4 heteroatoms. The second-order valence-electron chi connectivity index (χ2n) is 2.21. The van der Waals surface area contributed by atoms with Crippen molar-refractivity contribution in [3.8, 4) is 0 Å². The first-order chi connectivity index (χ1) is 5.20. The number of carbonyl (C=O) groups excluding carboxylic acids is 1. The largest absolute Gasteiger partial charge is 0.393 e. The van der Waals surface area contributed by atoms with Gasteiger partial charge in [-0.25, -0.2) is 4.98 Å². The van der Waals surface area contributed by atoms with Gasteiger partial charge in [0.2, 0.25) is 5.78 Å². The molecule has 1 unspecified atom stereocenters. The third-order valence-electron chi connectivity index (χ3n) is 1.12. The minimum absolute atomic E-state index is 0.255. The maximum Gasteiger partial charge on any atom is 0.204 e. The number of Topliss-reactive ketones (excluding diaryl/α,β-unsaturated/α-hetero) is 1. The molecule has 0 saturated carbocycles. The Hall–Kier alpha value is -1.16. The Labute approximate surface area is 64.3 Å². The summed E-state index contributed by atoms with van der Waals surface area (Å²) in [5.74, 6) is -0.0316. The van der Waals surface area contributed by atoms with Crippen LogP contribution in [0.3, 0.4) is 0 Å². The molecule has 0 bridgehead atoms. The minimum atomic E-state index is -0.729. The Bertz CT molecular complexity index is 229. The molecule has 0 amide bonds. The van der Waals surface area contributed by atoms with Crippen molar-refractivity contribution in [1.82, 2.24) is 9.97 Å². The Balaban J connectivity index is 2.57. The summed E-state index contributed by atoms with van der Waals surface area (Å²) in [6.45, 7) is 1.51. The second kappa shape index (κ2) is 3.30. The molecule has 0 spiro atoms. The molecular formula is C7H9N2O2. The average Bonchev–Trinajstić information content (AvgIpc) is 2.35. The summed E-state index contributed by atoms with van der Waals surface area (Å²) in [6, 6.07) is 0. The smallest absolute Gasteiger partial charge is 0.204 e. The van der Waals surface area contributed by atoms with E-state index in [1.54, 1.807) is 6.20 Å². The summed E-state index contributed by atoms with van der Waals surface area (Å²) < 4.78 is 0. The highest BCUT2D eigenvalue weighted by Crippen LogP contribution is 1.97. The maximum atomic E-state index is 11.0. The van der Waals surface area contributed by atoms with Gasteiger partial charge in [0.25, 0.3) is 0 Å². The molecule has 0 saturated heterocycles. The van der Waals surface area contributed by atoms with E-state index in [0.29, 0.717) is 0 Å². The first-order valence-electron chi connectivity index (χ1n) is 3.27. The fourth-order valence-electron chi connectivity index (χ4n) is 0.698. The van der Waals surface area contributed by atoms with Crippen molar-refractivity contribution >= 4 is 5.78 Å². The van der Waals surface area contributed by atoms with Crippen molar-refractivity contribution in [3.05, 3.63) is 24.6 Å². The summed E-state index contributed by atoms with van der Waals surface area (Å²) in [5, 5.41) is 8.80. The lowest BCUT2D eigenvalue weighted by Gasteiger charge is -1.98. The van der Waals surface area contributed by atoms with Gasteiger partial charge in [0, 0.05) is 12.4 Å². The van der Waals surface area contributed by atoms with Gasteiger partial charge in [-0.3, -0.25) is 4.79 Å². The summed E-state index contributed by atoms with van der Waals surface area (Å²) in [4.78, 5) is 17.4. The molecule has 1 radical (unpaired) electrons. The fourth-order valence-corrected chi connectivity index (χ4v) is 0.698. The van der Waals surface area contributed by atoms with Gasteiger partial charge in [-0.1, -0.05) is 0 Å². The first kappa shape index (κ1) is 7.94. The van der Waals surface area contributed by atoms with E-state index in [1.165, 1.54) is 19.5 Å². The summed E-state index contributed by atoms with van der Waals surface area (Å²) >= 11 is 0. The van der Waals surface area contributed by atoms with Crippen LogP contribution in [0.2, 0.25) is 0 Å². The number of imidazole rings is 1. The molecule has 4 nitrogen and oxygen atoms in total. The number of aromatic amines is 1. The molecule has 1 rings (SSSR count). The number of rotatable bonds is 3. The molecule has 1 heterocycles. The van der Waals surface area contributed by atoms with Gasteiger partial charge in [-0.2, -0.15) is 0 Å². The average molecular weight is 153 g/mol. The summed E-state index contributed by atoms with van der Waals surface area (Å²) in [7, 11) is 0. The zero-order valence-electron chi connectivity index (χ0n) is 6.11. The lowest BCUT2D eigenvalue weighted by molar-refractivity contribution is 0.0979. The zero-order valence-corrected chi connectivity index (χ0v) is 6.11. The lowest BCUT2D eigenvalue weighted by Crippen LogP contribution is -2.11. The molecule has 2 N–H and O–H groups in total. The van der Waals surface area contributed by atoms with E-state index in [2.05, 4.69) is 9.97 Å². The highest BCUT2D eigenvalue weighted by Gasteiger charge is 2.10. The van der Waals surface area contributed by atoms with E-state index in [9.17, 15) is 4.79 Å². The second-order valence-corrected chi connectivity index (χ2v) is 2.21. The number of hydrogen-bond donors (Lipinski definition) is 2. The van der Waals surface area contributed by atoms with Crippen LogP contribution in [-0.2, 0) is 0 Å². The number of carbonyl (C=O) groups is 1. The van der Waals surface area contributed by atoms with E-state index in [0.717, 1.165) is 0 Å². The van der Waals surface area contributed by atoms with Crippen LogP contribution in [0.1, 0.15) is 17.5 Å². The molecule has 0 aliphatic heterocycles. The summed E-state index contributed by atoms with van der Waals surface area (Å²) in [5.41, 5.74) is 0. The van der Waals surface area contributed by atoms with Crippen molar-refractivity contribution in [2.75, 3.05) is 0 Å². The van der Waals surface area contributed by atoms with Crippen LogP contribution < -0.4 is 0 Å². The SMILES string of the molecule is CC(O)[CH]C(=O)c1ncc[nH]1. The first-order valence-corrected chi connectivity index (χ1v) is 3.27. The molecule has 59 valence electrons. The highest BCUT2D eigenvalue weighted by atomic mass is 16.3. The Kier molecular flexibility index (Phi) is 2.38. The number of aliphatic hydroxyl groups excluding tert-OH is 1. The van der Waals surface area contributed by atoms with Gasteiger partial charge in [0.15, 0.2) is 5.82 Å². The molecule has 1 aromatic heterocycles. The van der Waals surface area contributed by atoms with Gasteiger partial charge in [-0.05, 0) is 6.92 Å². The highest BCUT2D eigenvalue weighted by molar-refractivity contribution is 5.99. The van der Waals surface area contributed by atoms with Crippen LogP contribution in [0.5, 0.6) is 0 Å². The lowest BCUT2D eigenvalue weighted by atomic mass is 10.2. The number of hydrogen-bond acceptors (Lipinski definition) is 3. The van der Waals surface area contributed by atoms with Crippen LogP contribution in [0, 0.1) is 6.42 Å². The Morgan fingerprint density at radius 2 is 2.64 bits per heavy atom. The van der Waals surface area contributed by atoms with Crippen LogP contribution in [0.25, 0.3) is 0 Å². The predicted molar refractivity (Wildman–Crippen MR) is 38.9 cm³/mol. The number of nitrogens with zero attached hydrogens (tertiary/aromatic N) is 1. The third kappa shape index (κ3) is 2.16.